The van der Waals surface area contributed by atoms with Gasteiger partial charge < -0.3 is 0 Å². The molecule has 6 heteroatoms. The zero-order valence-electron chi connectivity index (χ0n) is 35.9. The minimum Gasteiger partial charge on any atom is -0.256 e. The van der Waals surface area contributed by atoms with Gasteiger partial charge in [-0.1, -0.05) is 170 Å². The second-order valence-electron chi connectivity index (χ2n) is 16.8. The smallest absolute Gasteiger partial charge is 0.187 e. The maximum atomic E-state index is 7.45. The van der Waals surface area contributed by atoms with E-state index in [2.05, 4.69) is 150 Å². The number of aromatic nitrogens is 4. The van der Waals surface area contributed by atoms with Crippen LogP contribution < -0.4 is 0 Å². The lowest BCUT2D eigenvalue weighted by atomic mass is 9.86. The average Bonchev–Trinajstić information content (AvgIpc) is 3.78. The quantitative estimate of drug-likeness (QED) is 0.123. The Hall–Kier alpha value is -8.89. The molecule has 0 aliphatic heterocycles. The van der Waals surface area contributed by atoms with E-state index in [1.165, 1.54) is 52.8 Å². The van der Waals surface area contributed by atoms with E-state index >= 15 is 0 Å². The summed E-state index contributed by atoms with van der Waals surface area (Å²) in [7, 11) is 0. The molecule has 3 heterocycles. The Bertz CT molecular complexity index is 4170. The van der Waals surface area contributed by atoms with E-state index < -0.39 is 0 Å². The first kappa shape index (κ1) is 38.6. The Morgan fingerprint density at radius 2 is 0.881 bits per heavy atom. The van der Waals surface area contributed by atoms with E-state index in [9.17, 15) is 0 Å². The summed E-state index contributed by atoms with van der Waals surface area (Å²) >= 11 is 1.79. The van der Waals surface area contributed by atoms with Crippen molar-refractivity contribution >= 4 is 80.4 Å². The zero-order valence-corrected chi connectivity index (χ0v) is 36.7. The van der Waals surface area contributed by atoms with Crippen LogP contribution in [-0.2, 0) is 0 Å². The highest BCUT2D eigenvalue weighted by Gasteiger charge is 2.19. The number of pyridine rings is 1. The van der Waals surface area contributed by atoms with Crippen LogP contribution in [0, 0.1) is 6.57 Å². The van der Waals surface area contributed by atoms with Crippen molar-refractivity contribution in [3.8, 4) is 67.5 Å². The molecule has 0 fully saturated rings. The number of fused-ring (bicyclic) bond motifs is 9. The van der Waals surface area contributed by atoms with Gasteiger partial charge in [0.2, 0.25) is 0 Å². The van der Waals surface area contributed by atoms with Crippen molar-refractivity contribution in [3.05, 3.63) is 224 Å². The van der Waals surface area contributed by atoms with Crippen molar-refractivity contribution in [1.82, 2.24) is 19.9 Å². The largest absolute Gasteiger partial charge is 0.256 e. The Kier molecular flexibility index (Phi) is 9.02. The molecule has 0 amide bonds. The Labute approximate surface area is 389 Å². The molecule has 5 nitrogen and oxygen atoms in total. The third kappa shape index (κ3) is 6.52. The van der Waals surface area contributed by atoms with E-state index in [0.717, 1.165) is 60.6 Å². The molecule has 0 unspecified atom stereocenters. The number of rotatable bonds is 6. The Balaban J connectivity index is 0.972. The molecule has 0 bridgehead atoms. The predicted octanol–water partition coefficient (Wildman–Crippen LogP) is 16.8. The first-order valence-electron chi connectivity index (χ1n) is 22.2. The molecule has 0 aliphatic carbocycles. The van der Waals surface area contributed by atoms with Gasteiger partial charge in [0.05, 0.1) is 12.1 Å². The maximum Gasteiger partial charge on any atom is 0.187 e. The van der Waals surface area contributed by atoms with Gasteiger partial charge in [0.1, 0.15) is 0 Å². The van der Waals surface area contributed by atoms with Crippen LogP contribution >= 0.6 is 11.3 Å². The van der Waals surface area contributed by atoms with Crippen LogP contribution in [0.15, 0.2) is 212 Å². The van der Waals surface area contributed by atoms with Crippen molar-refractivity contribution in [3.63, 3.8) is 0 Å². The van der Waals surface area contributed by atoms with E-state index in [4.69, 9.17) is 26.5 Å². The first-order chi connectivity index (χ1) is 33.1. The van der Waals surface area contributed by atoms with Gasteiger partial charge in [0, 0.05) is 54.0 Å². The summed E-state index contributed by atoms with van der Waals surface area (Å²) in [6.07, 6.45) is 1.89. The van der Waals surface area contributed by atoms with Gasteiger partial charge in [-0.2, -0.15) is 0 Å². The third-order valence-electron chi connectivity index (χ3n) is 13.0. The number of hydrogen-bond donors (Lipinski definition) is 0. The lowest BCUT2D eigenvalue weighted by Gasteiger charge is -2.18. The molecule has 0 aliphatic rings. The van der Waals surface area contributed by atoms with E-state index in [0.29, 0.717) is 23.2 Å². The van der Waals surface area contributed by atoms with Crippen LogP contribution in [0.1, 0.15) is 0 Å². The van der Waals surface area contributed by atoms with Crippen LogP contribution in [0.2, 0.25) is 0 Å². The fraction of sp³-hybridized carbons (Fsp3) is 0. The molecule has 0 radical (unpaired) electrons. The minimum absolute atomic E-state index is 0.605. The fourth-order valence-corrected chi connectivity index (χ4v) is 11.0. The van der Waals surface area contributed by atoms with Crippen molar-refractivity contribution in [2.45, 2.75) is 0 Å². The molecule has 0 atom stereocenters. The average molecular weight is 870 g/mol. The van der Waals surface area contributed by atoms with Crippen LogP contribution in [0.25, 0.3) is 136 Å². The zero-order chi connectivity index (χ0) is 44.4. The summed E-state index contributed by atoms with van der Waals surface area (Å²) < 4.78 is 2.46. The normalized spacial score (nSPS) is 11.6. The van der Waals surface area contributed by atoms with Crippen LogP contribution in [0.3, 0.4) is 0 Å². The number of thiophene rings is 1. The van der Waals surface area contributed by atoms with Gasteiger partial charge in [-0.3, -0.25) is 4.98 Å². The second-order valence-corrected chi connectivity index (χ2v) is 17.9. The number of benzene rings is 10. The molecule has 0 saturated carbocycles. The van der Waals surface area contributed by atoms with Crippen molar-refractivity contribution in [2.24, 2.45) is 0 Å². The maximum absolute atomic E-state index is 7.45. The fourth-order valence-electron chi connectivity index (χ4n) is 9.81. The van der Waals surface area contributed by atoms with Crippen LogP contribution in [0.4, 0.5) is 5.69 Å². The molecule has 13 aromatic rings. The second kappa shape index (κ2) is 15.7. The molecular formula is C61H35N5S. The van der Waals surface area contributed by atoms with E-state index in [1.807, 2.05) is 66.9 Å². The molecule has 67 heavy (non-hydrogen) atoms. The molecule has 0 saturated heterocycles. The topological polar surface area (TPSA) is 55.9 Å². The number of nitrogens with zero attached hydrogens (tertiary/aromatic N) is 5. The summed E-state index contributed by atoms with van der Waals surface area (Å²) in [6.45, 7) is 7.45. The standard InChI is InChI=1S/C61H35N5S/c1-62-42-27-24-37(25-28-42)43-30-31-48(45-18-6-5-17-44(43)45)53-36-55-51-22-12-32-63-58(51)52(35-54(55)47-20-8-7-19-46(47)53)39-15-11-16-40(33-39)60-64-59(38-13-3-2-4-14-38)65-61(66-60)41-26-29-50-49-21-9-10-23-56(49)67-57(50)34-41/h2-36H. The predicted molar refractivity (Wildman–Crippen MR) is 279 cm³/mol. The summed E-state index contributed by atoms with van der Waals surface area (Å²) in [4.78, 5) is 24.1. The highest BCUT2D eigenvalue weighted by atomic mass is 32.1. The minimum atomic E-state index is 0.605. The van der Waals surface area contributed by atoms with Gasteiger partial charge >= 0.3 is 0 Å². The SMILES string of the molecule is [C-]#[N+]c1ccc(-c2ccc(-c3cc4c5cccnc5c(-c5cccc(-c6nc(-c7ccccc7)nc(-c7ccc8c(c7)sc7ccccc78)n6)c5)cc4c4ccccc34)c3ccccc23)cc1. The molecular weight excluding hydrogens is 835 g/mol. The lowest BCUT2D eigenvalue weighted by Crippen LogP contribution is -2.00. The third-order valence-corrected chi connectivity index (χ3v) is 14.1. The monoisotopic (exact) mass is 869 g/mol. The molecule has 10 aromatic carbocycles. The highest BCUT2D eigenvalue weighted by Crippen LogP contribution is 2.45. The number of hydrogen-bond acceptors (Lipinski definition) is 5. The highest BCUT2D eigenvalue weighted by molar-refractivity contribution is 7.25. The molecule has 0 spiro atoms. The van der Waals surface area contributed by atoms with Crippen LogP contribution in [0.5, 0.6) is 0 Å². The van der Waals surface area contributed by atoms with Crippen molar-refractivity contribution < 1.29 is 0 Å². The van der Waals surface area contributed by atoms with Crippen LogP contribution in [-0.4, -0.2) is 19.9 Å². The van der Waals surface area contributed by atoms with Crippen molar-refractivity contribution in [1.29, 1.82) is 0 Å². The molecule has 0 N–H and O–H groups in total. The van der Waals surface area contributed by atoms with Gasteiger partial charge in [-0.15, -0.1) is 11.3 Å². The summed E-state index contributed by atoms with van der Waals surface area (Å²) in [5.74, 6) is 1.86. The summed E-state index contributed by atoms with van der Waals surface area (Å²) in [6, 6.07) is 72.4. The summed E-state index contributed by atoms with van der Waals surface area (Å²) in [5.41, 5.74) is 11.0. The molecule has 3 aromatic heterocycles. The van der Waals surface area contributed by atoms with Gasteiger partial charge in [0.25, 0.3) is 0 Å². The van der Waals surface area contributed by atoms with E-state index in [-0.39, 0.29) is 0 Å². The van der Waals surface area contributed by atoms with Gasteiger partial charge in [0.15, 0.2) is 23.2 Å². The van der Waals surface area contributed by atoms with E-state index in [1.54, 1.807) is 11.3 Å². The molecule has 13 rings (SSSR count). The Morgan fingerprint density at radius 3 is 1.66 bits per heavy atom. The molecule has 310 valence electrons. The van der Waals surface area contributed by atoms with Gasteiger partial charge in [-0.25, -0.2) is 19.8 Å². The Morgan fingerprint density at radius 1 is 0.328 bits per heavy atom. The summed E-state index contributed by atoms with van der Waals surface area (Å²) in [5, 5.41) is 10.6. The van der Waals surface area contributed by atoms with Gasteiger partial charge in [-0.05, 0) is 96.5 Å². The lowest BCUT2D eigenvalue weighted by molar-refractivity contribution is 1.07. The first-order valence-corrected chi connectivity index (χ1v) is 23.0. The van der Waals surface area contributed by atoms with Crippen molar-refractivity contribution in [2.75, 3.05) is 0 Å².